The quantitative estimate of drug-likeness (QED) is 0.728. The normalized spacial score (nSPS) is 13.5. The number of aromatic amines is 2. The van der Waals surface area contributed by atoms with Gasteiger partial charge in [0.15, 0.2) is 0 Å². The van der Waals surface area contributed by atoms with Crippen molar-refractivity contribution in [3.63, 3.8) is 0 Å². The number of carbonyl (C=O) groups is 1. The monoisotopic (exact) mass is 365 g/mol. The van der Waals surface area contributed by atoms with Crippen LogP contribution in [0.3, 0.4) is 0 Å². The van der Waals surface area contributed by atoms with Gasteiger partial charge in [0, 0.05) is 24.2 Å². The van der Waals surface area contributed by atoms with Crippen LogP contribution in [0.25, 0.3) is 11.4 Å². The SMILES string of the molecule is CCCc1[nH]ncc1C(=O)N1CCc2nc(-c3ccc(OC)cc3)[nH]c2C1. The third-order valence-electron chi connectivity index (χ3n) is 4.93. The van der Waals surface area contributed by atoms with Crippen LogP contribution in [0.4, 0.5) is 0 Å². The fraction of sp³-hybridized carbons (Fsp3) is 0.350. The summed E-state index contributed by atoms with van der Waals surface area (Å²) in [6.45, 7) is 3.29. The van der Waals surface area contributed by atoms with E-state index in [-0.39, 0.29) is 5.91 Å². The van der Waals surface area contributed by atoms with E-state index in [1.165, 1.54) is 0 Å². The summed E-state index contributed by atoms with van der Waals surface area (Å²) in [4.78, 5) is 22.9. The van der Waals surface area contributed by atoms with Crippen LogP contribution in [-0.4, -0.2) is 44.6 Å². The summed E-state index contributed by atoms with van der Waals surface area (Å²) in [7, 11) is 1.65. The van der Waals surface area contributed by atoms with Crippen LogP contribution in [0.15, 0.2) is 30.5 Å². The molecular weight excluding hydrogens is 342 g/mol. The lowest BCUT2D eigenvalue weighted by atomic mass is 10.1. The molecule has 3 heterocycles. The second kappa shape index (κ2) is 7.26. The lowest BCUT2D eigenvalue weighted by Crippen LogP contribution is -2.36. The van der Waals surface area contributed by atoms with Crippen LogP contribution >= 0.6 is 0 Å². The van der Waals surface area contributed by atoms with Crippen molar-refractivity contribution in [2.75, 3.05) is 13.7 Å². The van der Waals surface area contributed by atoms with Crippen molar-refractivity contribution < 1.29 is 9.53 Å². The topological polar surface area (TPSA) is 86.9 Å². The van der Waals surface area contributed by atoms with Crippen LogP contribution in [0.1, 0.15) is 40.8 Å². The van der Waals surface area contributed by atoms with Crippen molar-refractivity contribution in [3.8, 4) is 17.1 Å². The number of rotatable bonds is 5. The molecule has 1 amide bonds. The molecule has 4 rings (SSSR count). The Kier molecular flexibility index (Phi) is 4.66. The van der Waals surface area contributed by atoms with Gasteiger partial charge in [-0.3, -0.25) is 9.89 Å². The Morgan fingerprint density at radius 2 is 2.11 bits per heavy atom. The van der Waals surface area contributed by atoms with Crippen molar-refractivity contribution in [2.24, 2.45) is 0 Å². The number of amides is 1. The Morgan fingerprint density at radius 3 is 2.85 bits per heavy atom. The maximum Gasteiger partial charge on any atom is 0.257 e. The first-order chi connectivity index (χ1) is 13.2. The van der Waals surface area contributed by atoms with E-state index >= 15 is 0 Å². The van der Waals surface area contributed by atoms with Crippen LogP contribution in [0.2, 0.25) is 0 Å². The number of hydrogen-bond acceptors (Lipinski definition) is 4. The lowest BCUT2D eigenvalue weighted by Gasteiger charge is -2.26. The van der Waals surface area contributed by atoms with Crippen LogP contribution < -0.4 is 4.74 Å². The molecule has 0 fully saturated rings. The summed E-state index contributed by atoms with van der Waals surface area (Å²) < 4.78 is 5.21. The maximum atomic E-state index is 12.9. The van der Waals surface area contributed by atoms with Gasteiger partial charge >= 0.3 is 0 Å². The summed E-state index contributed by atoms with van der Waals surface area (Å²) in [5.41, 5.74) is 4.63. The van der Waals surface area contributed by atoms with E-state index in [0.717, 1.165) is 53.5 Å². The summed E-state index contributed by atoms with van der Waals surface area (Å²) in [5.74, 6) is 1.67. The third kappa shape index (κ3) is 3.32. The van der Waals surface area contributed by atoms with Gasteiger partial charge in [0.05, 0.1) is 36.8 Å². The van der Waals surface area contributed by atoms with Crippen molar-refractivity contribution >= 4 is 5.91 Å². The molecule has 1 aliphatic rings. The molecule has 0 unspecified atom stereocenters. The number of H-pyrrole nitrogens is 2. The number of aryl methyl sites for hydroxylation is 1. The number of imidazole rings is 1. The predicted molar refractivity (Wildman–Crippen MR) is 102 cm³/mol. The average Bonchev–Trinajstić information content (AvgIpc) is 3.34. The van der Waals surface area contributed by atoms with Gasteiger partial charge in [-0.15, -0.1) is 0 Å². The lowest BCUT2D eigenvalue weighted by molar-refractivity contribution is 0.0731. The Morgan fingerprint density at radius 1 is 1.30 bits per heavy atom. The first-order valence-corrected chi connectivity index (χ1v) is 9.23. The van der Waals surface area contributed by atoms with E-state index in [0.29, 0.717) is 18.7 Å². The smallest absolute Gasteiger partial charge is 0.257 e. The van der Waals surface area contributed by atoms with E-state index in [4.69, 9.17) is 9.72 Å². The number of carbonyl (C=O) groups excluding carboxylic acids is 1. The highest BCUT2D eigenvalue weighted by Crippen LogP contribution is 2.25. The molecule has 7 nitrogen and oxygen atoms in total. The molecule has 27 heavy (non-hydrogen) atoms. The fourth-order valence-electron chi connectivity index (χ4n) is 3.46. The minimum atomic E-state index is 0.0263. The number of nitrogens with zero attached hydrogens (tertiary/aromatic N) is 3. The molecular formula is C20H23N5O2. The van der Waals surface area contributed by atoms with Gasteiger partial charge in [-0.05, 0) is 30.7 Å². The van der Waals surface area contributed by atoms with E-state index in [9.17, 15) is 4.79 Å². The Bertz CT molecular complexity index is 942. The molecule has 0 saturated heterocycles. The first-order valence-electron chi connectivity index (χ1n) is 9.23. The number of fused-ring (bicyclic) bond motifs is 1. The van der Waals surface area contributed by atoms with Crippen LogP contribution in [0.5, 0.6) is 5.75 Å². The van der Waals surface area contributed by atoms with Gasteiger partial charge in [0.25, 0.3) is 5.91 Å². The predicted octanol–water partition coefficient (Wildman–Crippen LogP) is 2.96. The van der Waals surface area contributed by atoms with E-state index in [1.54, 1.807) is 13.3 Å². The maximum absolute atomic E-state index is 12.9. The zero-order valence-corrected chi connectivity index (χ0v) is 15.6. The molecule has 0 bridgehead atoms. The molecule has 0 saturated carbocycles. The highest BCUT2D eigenvalue weighted by atomic mass is 16.5. The zero-order chi connectivity index (χ0) is 18.8. The first kappa shape index (κ1) is 17.3. The van der Waals surface area contributed by atoms with Crippen molar-refractivity contribution in [3.05, 3.63) is 53.1 Å². The number of aromatic nitrogens is 4. The van der Waals surface area contributed by atoms with Crippen LogP contribution in [0, 0.1) is 0 Å². The molecule has 3 aromatic rings. The second-order valence-electron chi connectivity index (χ2n) is 6.73. The number of benzene rings is 1. The van der Waals surface area contributed by atoms with Crippen molar-refractivity contribution in [2.45, 2.75) is 32.7 Å². The highest BCUT2D eigenvalue weighted by Gasteiger charge is 2.26. The molecule has 2 aromatic heterocycles. The van der Waals surface area contributed by atoms with Crippen molar-refractivity contribution in [1.29, 1.82) is 0 Å². The summed E-state index contributed by atoms with van der Waals surface area (Å²) in [6.07, 6.45) is 4.18. The number of nitrogens with one attached hydrogen (secondary N) is 2. The highest BCUT2D eigenvalue weighted by molar-refractivity contribution is 5.95. The van der Waals surface area contributed by atoms with Gasteiger partial charge in [-0.25, -0.2) is 4.98 Å². The summed E-state index contributed by atoms with van der Waals surface area (Å²) in [6, 6.07) is 7.80. The second-order valence-corrected chi connectivity index (χ2v) is 6.73. The minimum absolute atomic E-state index is 0.0263. The molecule has 7 heteroatoms. The molecule has 2 N–H and O–H groups in total. The molecule has 1 aromatic carbocycles. The largest absolute Gasteiger partial charge is 0.497 e. The third-order valence-corrected chi connectivity index (χ3v) is 4.93. The molecule has 0 radical (unpaired) electrons. The zero-order valence-electron chi connectivity index (χ0n) is 15.6. The van der Waals surface area contributed by atoms with Gasteiger partial charge in [-0.1, -0.05) is 13.3 Å². The standard InChI is InChI=1S/C20H23N5O2/c1-3-4-16-15(11-21-24-16)20(26)25-10-9-17-18(12-25)23-19(22-17)13-5-7-14(27-2)8-6-13/h5-8,11H,3-4,9-10,12H2,1-2H3,(H,21,24)(H,22,23). The Labute approximate surface area is 157 Å². The van der Waals surface area contributed by atoms with E-state index in [2.05, 4.69) is 22.1 Å². The molecule has 140 valence electrons. The Hall–Kier alpha value is -3.09. The molecule has 0 atom stereocenters. The van der Waals surface area contributed by atoms with Gasteiger partial charge in [-0.2, -0.15) is 5.10 Å². The molecule has 0 aliphatic carbocycles. The summed E-state index contributed by atoms with van der Waals surface area (Å²) in [5, 5.41) is 7.01. The molecule has 0 spiro atoms. The minimum Gasteiger partial charge on any atom is -0.497 e. The van der Waals surface area contributed by atoms with Gasteiger partial charge in [0.2, 0.25) is 0 Å². The van der Waals surface area contributed by atoms with E-state index in [1.807, 2.05) is 29.2 Å². The summed E-state index contributed by atoms with van der Waals surface area (Å²) >= 11 is 0. The fourth-order valence-corrected chi connectivity index (χ4v) is 3.46. The average molecular weight is 365 g/mol. The van der Waals surface area contributed by atoms with Crippen LogP contribution in [-0.2, 0) is 19.4 Å². The van der Waals surface area contributed by atoms with Gasteiger partial charge in [0.1, 0.15) is 11.6 Å². The number of ether oxygens (including phenoxy) is 1. The Balaban J connectivity index is 1.53. The number of methoxy groups -OCH3 is 1. The number of hydrogen-bond donors (Lipinski definition) is 2. The van der Waals surface area contributed by atoms with Gasteiger partial charge < -0.3 is 14.6 Å². The van der Waals surface area contributed by atoms with E-state index < -0.39 is 0 Å². The molecule has 1 aliphatic heterocycles. The van der Waals surface area contributed by atoms with Crippen molar-refractivity contribution in [1.82, 2.24) is 25.1 Å².